The summed E-state index contributed by atoms with van der Waals surface area (Å²) in [5.41, 5.74) is 2.82. The molecule has 0 amide bonds. The minimum Gasteiger partial charge on any atom is -0.505 e. The Hall–Kier alpha value is -2.82. The number of pyridine rings is 2. The molecular weight excluding hydrogens is 381 g/mol. The van der Waals surface area contributed by atoms with Crippen LogP contribution in [-0.2, 0) is 0 Å². The number of phenolic OH excluding ortho intramolecular Hbond substituents is 1. The van der Waals surface area contributed by atoms with Gasteiger partial charge in [0.1, 0.15) is 11.3 Å². The molecule has 2 heterocycles. The number of hydrogen-bond acceptors (Lipinski definition) is 4. The van der Waals surface area contributed by atoms with Gasteiger partial charge >= 0.3 is 0 Å². The molecule has 4 aromatic rings. The van der Waals surface area contributed by atoms with Crippen LogP contribution in [0.5, 0.6) is 5.75 Å². The Balaban J connectivity index is 1.89. The number of rotatable bonds is 4. The van der Waals surface area contributed by atoms with E-state index in [-0.39, 0.29) is 11.8 Å². The Labute approximate surface area is 166 Å². The van der Waals surface area contributed by atoms with Crippen molar-refractivity contribution in [2.45, 2.75) is 6.04 Å². The molecule has 0 bridgehead atoms. The van der Waals surface area contributed by atoms with Crippen LogP contribution in [0.1, 0.15) is 17.2 Å². The first-order chi connectivity index (χ1) is 13.1. The Kier molecular flexibility index (Phi) is 4.84. The topological polar surface area (TPSA) is 58.0 Å². The molecule has 0 saturated heterocycles. The lowest BCUT2D eigenvalue weighted by molar-refractivity contribution is 0.472. The summed E-state index contributed by atoms with van der Waals surface area (Å²) in [6, 6.07) is 16.2. The third-order valence-corrected chi connectivity index (χ3v) is 4.90. The normalized spacial score (nSPS) is 12.1. The highest BCUT2D eigenvalue weighted by Gasteiger charge is 2.21. The minimum atomic E-state index is -0.365. The number of aromatic hydroxyl groups is 1. The quantitative estimate of drug-likeness (QED) is 0.455. The molecule has 0 radical (unpaired) electrons. The van der Waals surface area contributed by atoms with E-state index >= 15 is 0 Å². The van der Waals surface area contributed by atoms with Gasteiger partial charge in [-0.15, -0.1) is 0 Å². The number of phenols is 1. The number of hydrogen-bond donors (Lipinski definition) is 2. The average molecular weight is 396 g/mol. The van der Waals surface area contributed by atoms with Crippen molar-refractivity contribution in [1.29, 1.82) is 0 Å². The number of nitrogens with zero attached hydrogens (tertiary/aromatic N) is 2. The van der Waals surface area contributed by atoms with Crippen LogP contribution in [0.4, 0.5) is 5.69 Å². The molecule has 6 heteroatoms. The van der Waals surface area contributed by atoms with Gasteiger partial charge in [0.15, 0.2) is 0 Å². The zero-order valence-electron chi connectivity index (χ0n) is 14.1. The molecule has 1 atom stereocenters. The molecule has 1 unspecified atom stereocenters. The van der Waals surface area contributed by atoms with Crippen LogP contribution in [0.2, 0.25) is 10.0 Å². The SMILES string of the molecule is Oc1c(C(Nc2cccnc2)c2ccc(Cl)cc2)cc(Cl)c2cccnc12. The summed E-state index contributed by atoms with van der Waals surface area (Å²) in [5, 5.41) is 16.2. The van der Waals surface area contributed by atoms with Gasteiger partial charge in [-0.3, -0.25) is 9.97 Å². The van der Waals surface area contributed by atoms with Gasteiger partial charge in [-0.2, -0.15) is 0 Å². The van der Waals surface area contributed by atoms with Gasteiger partial charge in [0.05, 0.1) is 16.8 Å². The number of aromatic nitrogens is 2. The van der Waals surface area contributed by atoms with Crippen LogP contribution >= 0.6 is 23.2 Å². The number of fused-ring (bicyclic) bond motifs is 1. The standard InChI is InChI=1S/C21H15Cl2N3O/c22-14-7-5-13(6-8-14)19(26-15-3-1-9-24-12-15)17-11-18(23)16-4-2-10-25-20(16)21(17)27/h1-12,19,26-27H. The van der Waals surface area contributed by atoms with Crippen LogP contribution in [0.3, 0.4) is 0 Å². The van der Waals surface area contributed by atoms with Crippen molar-refractivity contribution in [3.8, 4) is 5.75 Å². The largest absolute Gasteiger partial charge is 0.505 e. The Morgan fingerprint density at radius 1 is 0.963 bits per heavy atom. The number of benzene rings is 2. The van der Waals surface area contributed by atoms with E-state index < -0.39 is 0 Å². The predicted molar refractivity (Wildman–Crippen MR) is 110 cm³/mol. The smallest absolute Gasteiger partial charge is 0.147 e. The zero-order chi connectivity index (χ0) is 18.8. The van der Waals surface area contributed by atoms with E-state index in [0.29, 0.717) is 26.5 Å². The van der Waals surface area contributed by atoms with E-state index in [9.17, 15) is 5.11 Å². The van der Waals surface area contributed by atoms with Crippen molar-refractivity contribution in [1.82, 2.24) is 9.97 Å². The highest BCUT2D eigenvalue weighted by molar-refractivity contribution is 6.35. The molecule has 0 fully saturated rings. The molecular formula is C21H15Cl2N3O. The first kappa shape index (κ1) is 17.6. The summed E-state index contributed by atoms with van der Waals surface area (Å²) in [7, 11) is 0. The van der Waals surface area contributed by atoms with E-state index in [1.165, 1.54) is 0 Å². The van der Waals surface area contributed by atoms with E-state index in [1.54, 1.807) is 30.7 Å². The summed E-state index contributed by atoms with van der Waals surface area (Å²) in [5.74, 6) is 0.0892. The van der Waals surface area contributed by atoms with Crippen LogP contribution in [-0.4, -0.2) is 15.1 Å². The second-order valence-electron chi connectivity index (χ2n) is 6.07. The van der Waals surface area contributed by atoms with Gasteiger partial charge in [0, 0.05) is 34.6 Å². The Morgan fingerprint density at radius 3 is 2.48 bits per heavy atom. The third-order valence-electron chi connectivity index (χ3n) is 4.33. The van der Waals surface area contributed by atoms with E-state index in [0.717, 1.165) is 11.3 Å². The molecule has 0 aliphatic heterocycles. The van der Waals surface area contributed by atoms with Gasteiger partial charge < -0.3 is 10.4 Å². The van der Waals surface area contributed by atoms with E-state index in [4.69, 9.17) is 23.2 Å². The molecule has 4 nitrogen and oxygen atoms in total. The fourth-order valence-electron chi connectivity index (χ4n) is 3.04. The molecule has 2 aromatic heterocycles. The lowest BCUT2D eigenvalue weighted by atomic mass is 9.96. The molecule has 2 N–H and O–H groups in total. The molecule has 27 heavy (non-hydrogen) atoms. The fraction of sp³-hybridized carbons (Fsp3) is 0.0476. The van der Waals surface area contributed by atoms with Crippen LogP contribution in [0.25, 0.3) is 10.9 Å². The first-order valence-corrected chi connectivity index (χ1v) is 9.07. The monoisotopic (exact) mass is 395 g/mol. The summed E-state index contributed by atoms with van der Waals surface area (Å²) in [4.78, 5) is 8.45. The fourth-order valence-corrected chi connectivity index (χ4v) is 3.43. The van der Waals surface area contributed by atoms with Crippen molar-refractivity contribution in [3.05, 3.63) is 94.4 Å². The van der Waals surface area contributed by atoms with Crippen molar-refractivity contribution >= 4 is 39.8 Å². The van der Waals surface area contributed by atoms with Crippen molar-refractivity contribution in [2.24, 2.45) is 0 Å². The lowest BCUT2D eigenvalue weighted by Crippen LogP contribution is -2.13. The summed E-state index contributed by atoms with van der Waals surface area (Å²) in [6.07, 6.45) is 5.06. The third kappa shape index (κ3) is 3.54. The Morgan fingerprint density at radius 2 is 1.74 bits per heavy atom. The maximum Gasteiger partial charge on any atom is 0.147 e. The maximum atomic E-state index is 10.9. The molecule has 0 saturated carbocycles. The molecule has 4 rings (SSSR count). The second kappa shape index (κ2) is 7.43. The van der Waals surface area contributed by atoms with Crippen molar-refractivity contribution < 1.29 is 5.11 Å². The predicted octanol–water partition coefficient (Wildman–Crippen LogP) is 5.84. The summed E-state index contributed by atoms with van der Waals surface area (Å²) >= 11 is 12.5. The molecule has 134 valence electrons. The Bertz CT molecular complexity index is 1090. The first-order valence-electron chi connectivity index (χ1n) is 8.31. The van der Waals surface area contributed by atoms with Gasteiger partial charge in [0.2, 0.25) is 0 Å². The van der Waals surface area contributed by atoms with E-state index in [2.05, 4.69) is 15.3 Å². The summed E-state index contributed by atoms with van der Waals surface area (Å²) < 4.78 is 0. The van der Waals surface area contributed by atoms with Gasteiger partial charge in [-0.1, -0.05) is 35.3 Å². The van der Waals surface area contributed by atoms with Gasteiger partial charge in [-0.05, 0) is 48.0 Å². The van der Waals surface area contributed by atoms with Gasteiger partial charge in [0.25, 0.3) is 0 Å². The van der Waals surface area contributed by atoms with E-state index in [1.807, 2.05) is 42.5 Å². The minimum absolute atomic E-state index is 0.0892. The van der Waals surface area contributed by atoms with Gasteiger partial charge in [-0.25, -0.2) is 0 Å². The number of anilines is 1. The molecule has 0 spiro atoms. The highest BCUT2D eigenvalue weighted by Crippen LogP contribution is 2.39. The molecule has 0 aliphatic carbocycles. The number of halogens is 2. The van der Waals surface area contributed by atoms with Crippen molar-refractivity contribution in [2.75, 3.05) is 5.32 Å². The molecule has 0 aliphatic rings. The highest BCUT2D eigenvalue weighted by atomic mass is 35.5. The van der Waals surface area contributed by atoms with Crippen molar-refractivity contribution in [3.63, 3.8) is 0 Å². The lowest BCUT2D eigenvalue weighted by Gasteiger charge is -2.23. The van der Waals surface area contributed by atoms with Crippen LogP contribution < -0.4 is 5.32 Å². The summed E-state index contributed by atoms with van der Waals surface area (Å²) in [6.45, 7) is 0. The number of nitrogens with one attached hydrogen (secondary N) is 1. The second-order valence-corrected chi connectivity index (χ2v) is 6.91. The van der Waals surface area contributed by atoms with Crippen LogP contribution in [0, 0.1) is 0 Å². The average Bonchev–Trinajstić information content (AvgIpc) is 2.71. The van der Waals surface area contributed by atoms with Crippen LogP contribution in [0.15, 0.2) is 73.2 Å². The zero-order valence-corrected chi connectivity index (χ0v) is 15.6. The molecule has 2 aromatic carbocycles. The maximum absolute atomic E-state index is 10.9.